The number of carbonyl (C=O) groups excluding carboxylic acids is 1. The largest absolute Gasteiger partial charge is 0.338 e. The molecule has 0 unspecified atom stereocenters. The number of nitrogens with one attached hydrogen (secondary N) is 1. The van der Waals surface area contributed by atoms with Crippen LogP contribution in [0.25, 0.3) is 0 Å². The van der Waals surface area contributed by atoms with Crippen LogP contribution in [0, 0.1) is 13.8 Å². The van der Waals surface area contributed by atoms with Crippen LogP contribution >= 0.6 is 11.3 Å². The summed E-state index contributed by atoms with van der Waals surface area (Å²) in [6.45, 7) is 7.71. The molecule has 1 amide bonds. The molecule has 0 aromatic carbocycles. The van der Waals surface area contributed by atoms with E-state index in [2.05, 4.69) is 32.1 Å². The molecule has 3 rings (SSSR count). The van der Waals surface area contributed by atoms with Gasteiger partial charge < -0.3 is 15.1 Å². The SMILES string of the molecule is Cc1nc(N2CCN(C)CC2)nc(C)c1NC(=O)c1ccsc1. The maximum atomic E-state index is 12.2. The third kappa shape index (κ3) is 3.51. The van der Waals surface area contributed by atoms with E-state index in [9.17, 15) is 4.79 Å². The number of likely N-dealkylation sites (N-methyl/N-ethyl adjacent to an activating group) is 1. The molecule has 1 aliphatic heterocycles. The minimum absolute atomic E-state index is 0.117. The van der Waals surface area contributed by atoms with Gasteiger partial charge in [-0.3, -0.25) is 4.79 Å². The monoisotopic (exact) mass is 331 g/mol. The molecule has 0 saturated carbocycles. The molecule has 1 N–H and O–H groups in total. The van der Waals surface area contributed by atoms with Crippen molar-refractivity contribution < 1.29 is 4.79 Å². The van der Waals surface area contributed by atoms with Crippen molar-refractivity contribution in [1.29, 1.82) is 0 Å². The first kappa shape index (κ1) is 15.9. The second-order valence-electron chi connectivity index (χ2n) is 5.83. The number of nitrogens with zero attached hydrogens (tertiary/aromatic N) is 4. The van der Waals surface area contributed by atoms with E-state index in [1.165, 1.54) is 11.3 Å². The minimum Gasteiger partial charge on any atom is -0.338 e. The summed E-state index contributed by atoms with van der Waals surface area (Å²) in [5, 5.41) is 6.66. The number of anilines is 2. The molecule has 0 atom stereocenters. The molecule has 6 nitrogen and oxygen atoms in total. The van der Waals surface area contributed by atoms with E-state index < -0.39 is 0 Å². The highest BCUT2D eigenvalue weighted by Gasteiger charge is 2.19. The van der Waals surface area contributed by atoms with Crippen LogP contribution in [0.4, 0.5) is 11.6 Å². The van der Waals surface area contributed by atoms with Crippen molar-refractivity contribution in [2.75, 3.05) is 43.4 Å². The van der Waals surface area contributed by atoms with Crippen LogP contribution in [0.1, 0.15) is 21.7 Å². The number of hydrogen-bond acceptors (Lipinski definition) is 6. The van der Waals surface area contributed by atoms with Crippen LogP contribution in [0.5, 0.6) is 0 Å². The fourth-order valence-electron chi connectivity index (χ4n) is 2.61. The summed E-state index contributed by atoms with van der Waals surface area (Å²) >= 11 is 1.51. The van der Waals surface area contributed by atoms with Crippen LogP contribution < -0.4 is 10.2 Å². The number of rotatable bonds is 3. The standard InChI is InChI=1S/C16H21N5OS/c1-11-14(19-15(22)13-4-9-23-10-13)12(2)18-16(17-11)21-7-5-20(3)6-8-21/h4,9-10H,5-8H2,1-3H3,(H,19,22). The van der Waals surface area contributed by atoms with Crippen LogP contribution in [0.2, 0.25) is 0 Å². The van der Waals surface area contributed by atoms with Gasteiger partial charge in [-0.2, -0.15) is 11.3 Å². The topological polar surface area (TPSA) is 61.4 Å². The van der Waals surface area contributed by atoms with E-state index in [1.54, 1.807) is 0 Å². The maximum absolute atomic E-state index is 12.2. The van der Waals surface area contributed by atoms with Gasteiger partial charge in [0.15, 0.2) is 0 Å². The predicted molar refractivity (Wildman–Crippen MR) is 93.5 cm³/mol. The zero-order chi connectivity index (χ0) is 16.4. The number of aryl methyl sites for hydroxylation is 2. The predicted octanol–water partition coefficient (Wildman–Crippen LogP) is 2.16. The molecule has 2 aromatic heterocycles. The summed E-state index contributed by atoms with van der Waals surface area (Å²) < 4.78 is 0. The summed E-state index contributed by atoms with van der Waals surface area (Å²) in [5.41, 5.74) is 2.97. The Balaban J connectivity index is 1.79. The second-order valence-corrected chi connectivity index (χ2v) is 6.61. The van der Waals surface area contributed by atoms with Crippen molar-refractivity contribution in [3.05, 3.63) is 33.8 Å². The molecule has 1 fully saturated rings. The van der Waals surface area contributed by atoms with E-state index in [0.29, 0.717) is 11.3 Å². The maximum Gasteiger partial charge on any atom is 0.256 e. The van der Waals surface area contributed by atoms with Gasteiger partial charge in [-0.25, -0.2) is 9.97 Å². The fourth-order valence-corrected chi connectivity index (χ4v) is 3.24. The van der Waals surface area contributed by atoms with Crippen molar-refractivity contribution in [3.63, 3.8) is 0 Å². The van der Waals surface area contributed by atoms with Crippen molar-refractivity contribution >= 4 is 28.9 Å². The van der Waals surface area contributed by atoms with Gasteiger partial charge in [0.1, 0.15) is 0 Å². The van der Waals surface area contributed by atoms with E-state index in [0.717, 1.165) is 43.5 Å². The Kier molecular flexibility index (Phi) is 4.58. The van der Waals surface area contributed by atoms with Crippen molar-refractivity contribution in [2.24, 2.45) is 0 Å². The molecule has 0 aliphatic carbocycles. The molecular weight excluding hydrogens is 310 g/mol. The molecule has 3 heterocycles. The number of hydrogen-bond donors (Lipinski definition) is 1. The summed E-state index contributed by atoms with van der Waals surface area (Å²) in [6.07, 6.45) is 0. The Labute approximate surface area is 140 Å². The minimum atomic E-state index is -0.117. The number of amides is 1. The molecular formula is C16H21N5OS. The first-order valence-corrected chi connectivity index (χ1v) is 8.61. The third-order valence-corrected chi connectivity index (χ3v) is 4.75. The molecule has 0 bridgehead atoms. The van der Waals surface area contributed by atoms with Crippen molar-refractivity contribution in [3.8, 4) is 0 Å². The zero-order valence-corrected chi connectivity index (χ0v) is 14.5. The Bertz CT molecular complexity index is 669. The van der Waals surface area contributed by atoms with Crippen molar-refractivity contribution in [2.45, 2.75) is 13.8 Å². The van der Waals surface area contributed by atoms with Gasteiger partial charge in [0, 0.05) is 31.6 Å². The molecule has 1 saturated heterocycles. The van der Waals surface area contributed by atoms with Gasteiger partial charge in [0.05, 0.1) is 22.6 Å². The van der Waals surface area contributed by atoms with Gasteiger partial charge in [0.25, 0.3) is 5.91 Å². The lowest BCUT2D eigenvalue weighted by molar-refractivity contribution is 0.102. The number of thiophene rings is 1. The summed E-state index contributed by atoms with van der Waals surface area (Å²) in [5.74, 6) is 0.634. The molecule has 0 radical (unpaired) electrons. The molecule has 0 spiro atoms. The van der Waals surface area contributed by atoms with E-state index >= 15 is 0 Å². The summed E-state index contributed by atoms with van der Waals surface area (Å²) in [7, 11) is 2.12. The first-order valence-electron chi connectivity index (χ1n) is 7.67. The highest BCUT2D eigenvalue weighted by atomic mass is 32.1. The fraction of sp³-hybridized carbons (Fsp3) is 0.438. The Hall–Kier alpha value is -1.99. The van der Waals surface area contributed by atoms with Crippen LogP contribution in [-0.4, -0.2) is 54.0 Å². The normalized spacial score (nSPS) is 15.7. The van der Waals surface area contributed by atoms with E-state index in [4.69, 9.17) is 0 Å². The molecule has 7 heteroatoms. The molecule has 122 valence electrons. The average Bonchev–Trinajstić information content (AvgIpc) is 3.05. The average molecular weight is 331 g/mol. The van der Waals surface area contributed by atoms with Crippen LogP contribution in [0.15, 0.2) is 16.8 Å². The lowest BCUT2D eigenvalue weighted by Gasteiger charge is -2.32. The summed E-state index contributed by atoms with van der Waals surface area (Å²) in [6, 6.07) is 1.81. The van der Waals surface area contributed by atoms with E-state index in [-0.39, 0.29) is 5.91 Å². The number of carbonyl (C=O) groups is 1. The Morgan fingerprint density at radius 2 is 1.83 bits per heavy atom. The Morgan fingerprint density at radius 1 is 1.17 bits per heavy atom. The lowest BCUT2D eigenvalue weighted by Crippen LogP contribution is -2.45. The quantitative estimate of drug-likeness (QED) is 0.934. The lowest BCUT2D eigenvalue weighted by atomic mass is 10.2. The zero-order valence-electron chi connectivity index (χ0n) is 13.7. The van der Waals surface area contributed by atoms with Gasteiger partial charge in [-0.1, -0.05) is 0 Å². The second kappa shape index (κ2) is 6.64. The Morgan fingerprint density at radius 3 is 2.39 bits per heavy atom. The highest BCUT2D eigenvalue weighted by molar-refractivity contribution is 7.08. The first-order chi connectivity index (χ1) is 11.0. The van der Waals surface area contributed by atoms with Gasteiger partial charge in [-0.05, 0) is 32.3 Å². The third-order valence-electron chi connectivity index (χ3n) is 4.07. The van der Waals surface area contributed by atoms with Crippen LogP contribution in [0.3, 0.4) is 0 Å². The van der Waals surface area contributed by atoms with Gasteiger partial charge in [0.2, 0.25) is 5.95 Å². The molecule has 2 aromatic rings. The molecule has 23 heavy (non-hydrogen) atoms. The smallest absolute Gasteiger partial charge is 0.256 e. The van der Waals surface area contributed by atoms with E-state index in [1.807, 2.05) is 30.7 Å². The van der Waals surface area contributed by atoms with Gasteiger partial charge >= 0.3 is 0 Å². The number of aromatic nitrogens is 2. The number of piperazine rings is 1. The van der Waals surface area contributed by atoms with Crippen LogP contribution in [-0.2, 0) is 0 Å². The van der Waals surface area contributed by atoms with Crippen molar-refractivity contribution in [1.82, 2.24) is 14.9 Å². The van der Waals surface area contributed by atoms with Gasteiger partial charge in [-0.15, -0.1) is 0 Å². The highest BCUT2D eigenvalue weighted by Crippen LogP contribution is 2.22. The summed E-state index contributed by atoms with van der Waals surface area (Å²) in [4.78, 5) is 25.9. The molecule has 1 aliphatic rings.